The SMILES string of the molecule is COC(=O)Nc1ccc2c(c1)NC(=O)[C@@H](C)CCC[C@H](N)c1nc-2c(Cl)[nH]1. The highest BCUT2D eigenvalue weighted by Gasteiger charge is 2.22. The average Bonchev–Trinajstić information content (AvgIpc) is 3.02. The first-order valence-electron chi connectivity index (χ1n) is 8.70. The van der Waals surface area contributed by atoms with Crippen LogP contribution in [-0.4, -0.2) is 29.1 Å². The molecule has 1 aliphatic rings. The molecule has 0 spiro atoms. The van der Waals surface area contributed by atoms with Gasteiger partial charge in [-0.1, -0.05) is 24.9 Å². The number of nitrogens with one attached hydrogen (secondary N) is 3. The zero-order chi connectivity index (χ0) is 19.6. The number of rotatable bonds is 1. The third-order valence-electron chi connectivity index (χ3n) is 4.59. The molecule has 3 rings (SSSR count). The second-order valence-electron chi connectivity index (χ2n) is 6.59. The predicted octanol–water partition coefficient (Wildman–Crippen LogP) is 3.67. The molecule has 2 aromatic rings. The lowest BCUT2D eigenvalue weighted by Crippen LogP contribution is -2.22. The Kier molecular flexibility index (Phi) is 5.67. The number of H-pyrrole nitrogens is 1. The summed E-state index contributed by atoms with van der Waals surface area (Å²) in [5.74, 6) is 0.309. The molecular formula is C18H22ClN5O3. The van der Waals surface area contributed by atoms with Gasteiger partial charge < -0.3 is 20.8 Å². The minimum Gasteiger partial charge on any atom is -0.453 e. The number of methoxy groups -OCH3 is 1. The van der Waals surface area contributed by atoms with Crippen molar-refractivity contribution in [3.8, 4) is 11.3 Å². The normalized spacial score (nSPS) is 19.9. The minimum absolute atomic E-state index is 0.118. The molecule has 1 aromatic carbocycles. The Bertz CT molecular complexity index is 867. The number of nitrogens with two attached hydrogens (primary N) is 1. The van der Waals surface area contributed by atoms with Crippen molar-refractivity contribution >= 4 is 35.0 Å². The number of anilines is 2. The van der Waals surface area contributed by atoms with Gasteiger partial charge in [-0.05, 0) is 31.0 Å². The number of benzene rings is 1. The number of amides is 2. The molecule has 0 saturated heterocycles. The van der Waals surface area contributed by atoms with Gasteiger partial charge in [0, 0.05) is 17.2 Å². The van der Waals surface area contributed by atoms with Crippen LogP contribution in [0.4, 0.5) is 16.2 Å². The number of carbonyl (C=O) groups excluding carboxylic acids is 2. The maximum atomic E-state index is 12.6. The molecule has 0 radical (unpaired) electrons. The molecule has 1 aliphatic heterocycles. The van der Waals surface area contributed by atoms with Crippen molar-refractivity contribution in [3.05, 3.63) is 29.2 Å². The summed E-state index contributed by atoms with van der Waals surface area (Å²) >= 11 is 6.35. The van der Waals surface area contributed by atoms with Crippen LogP contribution in [0.25, 0.3) is 11.3 Å². The van der Waals surface area contributed by atoms with Gasteiger partial charge in [0.2, 0.25) is 5.91 Å². The first kappa shape index (κ1) is 19.2. The maximum absolute atomic E-state index is 12.6. The monoisotopic (exact) mass is 391 g/mol. The number of halogens is 1. The van der Waals surface area contributed by atoms with Crippen LogP contribution in [-0.2, 0) is 9.53 Å². The first-order valence-corrected chi connectivity index (χ1v) is 9.08. The van der Waals surface area contributed by atoms with Gasteiger partial charge in [-0.15, -0.1) is 0 Å². The summed E-state index contributed by atoms with van der Waals surface area (Å²) in [5.41, 5.74) is 8.31. The molecule has 0 fully saturated rings. The average molecular weight is 392 g/mol. The van der Waals surface area contributed by atoms with Crippen LogP contribution in [0.3, 0.4) is 0 Å². The van der Waals surface area contributed by atoms with Crippen LogP contribution < -0.4 is 16.4 Å². The molecule has 144 valence electrons. The third kappa shape index (κ3) is 4.23. The Morgan fingerprint density at radius 3 is 2.93 bits per heavy atom. The number of nitrogens with zero attached hydrogens (tertiary/aromatic N) is 1. The first-order chi connectivity index (χ1) is 12.9. The van der Waals surface area contributed by atoms with Crippen molar-refractivity contribution in [2.24, 2.45) is 11.7 Å². The van der Waals surface area contributed by atoms with Crippen molar-refractivity contribution in [3.63, 3.8) is 0 Å². The van der Waals surface area contributed by atoms with Crippen LogP contribution in [0, 0.1) is 5.92 Å². The smallest absolute Gasteiger partial charge is 0.411 e. The minimum atomic E-state index is -0.603. The molecule has 0 saturated carbocycles. The lowest BCUT2D eigenvalue weighted by Gasteiger charge is -2.17. The van der Waals surface area contributed by atoms with E-state index in [4.69, 9.17) is 17.3 Å². The van der Waals surface area contributed by atoms with Crippen molar-refractivity contribution < 1.29 is 14.3 Å². The van der Waals surface area contributed by atoms with Crippen molar-refractivity contribution in [2.45, 2.75) is 32.2 Å². The van der Waals surface area contributed by atoms with E-state index in [1.807, 2.05) is 6.92 Å². The van der Waals surface area contributed by atoms with E-state index in [9.17, 15) is 9.59 Å². The highest BCUT2D eigenvalue weighted by atomic mass is 35.5. The lowest BCUT2D eigenvalue weighted by atomic mass is 9.99. The quantitative estimate of drug-likeness (QED) is 0.590. The molecular weight excluding hydrogens is 370 g/mol. The summed E-state index contributed by atoms with van der Waals surface area (Å²) in [6.07, 6.45) is 1.60. The topological polar surface area (TPSA) is 122 Å². The van der Waals surface area contributed by atoms with E-state index >= 15 is 0 Å². The summed E-state index contributed by atoms with van der Waals surface area (Å²) in [6.45, 7) is 1.87. The second-order valence-corrected chi connectivity index (χ2v) is 6.97. The van der Waals surface area contributed by atoms with Crippen LogP contribution in [0.15, 0.2) is 18.2 Å². The largest absolute Gasteiger partial charge is 0.453 e. The Labute approximate surface area is 161 Å². The number of aromatic nitrogens is 2. The molecule has 2 amide bonds. The van der Waals surface area contributed by atoms with Crippen LogP contribution in [0.2, 0.25) is 5.15 Å². The molecule has 5 N–H and O–H groups in total. The molecule has 0 unspecified atom stereocenters. The van der Waals surface area contributed by atoms with E-state index < -0.39 is 6.09 Å². The van der Waals surface area contributed by atoms with Gasteiger partial charge in [0.1, 0.15) is 16.7 Å². The maximum Gasteiger partial charge on any atom is 0.411 e. The fourth-order valence-corrected chi connectivity index (χ4v) is 3.23. The number of imidazole rings is 1. The highest BCUT2D eigenvalue weighted by Crippen LogP contribution is 2.36. The summed E-state index contributed by atoms with van der Waals surface area (Å²) < 4.78 is 4.61. The number of hydrogen-bond donors (Lipinski definition) is 4. The van der Waals surface area contributed by atoms with Crippen LogP contribution in [0.5, 0.6) is 0 Å². The number of fused-ring (bicyclic) bond motifs is 4. The fraction of sp³-hybridized carbons (Fsp3) is 0.389. The van der Waals surface area contributed by atoms with E-state index in [1.165, 1.54) is 7.11 Å². The molecule has 1 aromatic heterocycles. The molecule has 2 bridgehead atoms. The zero-order valence-corrected chi connectivity index (χ0v) is 15.9. The van der Waals surface area contributed by atoms with E-state index in [0.717, 1.165) is 6.42 Å². The second kappa shape index (κ2) is 7.98. The van der Waals surface area contributed by atoms with Crippen molar-refractivity contribution in [2.75, 3.05) is 17.7 Å². The van der Waals surface area contributed by atoms with E-state index in [0.29, 0.717) is 46.5 Å². The van der Waals surface area contributed by atoms with Gasteiger partial charge >= 0.3 is 6.09 Å². The van der Waals surface area contributed by atoms with Gasteiger partial charge in [0.05, 0.1) is 18.8 Å². The number of hydrogen-bond acceptors (Lipinski definition) is 5. The zero-order valence-electron chi connectivity index (χ0n) is 15.1. The Hall–Kier alpha value is -2.58. The Morgan fingerprint density at radius 1 is 1.41 bits per heavy atom. The van der Waals surface area contributed by atoms with Gasteiger partial charge in [0.25, 0.3) is 0 Å². The number of ether oxygens (including phenoxy) is 1. The molecule has 2 heterocycles. The van der Waals surface area contributed by atoms with Crippen LogP contribution in [0.1, 0.15) is 38.1 Å². The van der Waals surface area contributed by atoms with Gasteiger partial charge in [-0.2, -0.15) is 0 Å². The van der Waals surface area contributed by atoms with Gasteiger partial charge in [-0.25, -0.2) is 9.78 Å². The molecule has 9 heteroatoms. The fourth-order valence-electron chi connectivity index (χ4n) is 2.99. The number of carbonyl (C=O) groups is 2. The van der Waals surface area contributed by atoms with E-state index in [1.54, 1.807) is 18.2 Å². The predicted molar refractivity (Wildman–Crippen MR) is 104 cm³/mol. The lowest BCUT2D eigenvalue weighted by molar-refractivity contribution is -0.119. The van der Waals surface area contributed by atoms with Crippen molar-refractivity contribution in [1.29, 1.82) is 0 Å². The van der Waals surface area contributed by atoms with Gasteiger partial charge in [-0.3, -0.25) is 10.1 Å². The molecule has 27 heavy (non-hydrogen) atoms. The molecule has 0 aliphatic carbocycles. The molecule has 2 atom stereocenters. The highest BCUT2D eigenvalue weighted by molar-refractivity contribution is 6.32. The standard InChI is InChI=1S/C18H22ClN5O3/c1-9-4-3-5-12(20)16-23-14(15(19)24-16)11-7-6-10(21-18(26)27-2)8-13(11)22-17(9)25/h6-9,12H,3-5,20H2,1-2H3,(H,21,26)(H,22,25)(H,23,24)/t9-,12-/m0/s1. The summed E-state index contributed by atoms with van der Waals surface area (Å²) in [4.78, 5) is 31.7. The van der Waals surface area contributed by atoms with Crippen LogP contribution >= 0.6 is 11.6 Å². The van der Waals surface area contributed by atoms with E-state index in [-0.39, 0.29) is 17.9 Å². The Morgan fingerprint density at radius 2 is 2.19 bits per heavy atom. The van der Waals surface area contributed by atoms with Crippen molar-refractivity contribution in [1.82, 2.24) is 9.97 Å². The third-order valence-corrected chi connectivity index (χ3v) is 4.87. The molecule has 8 nitrogen and oxygen atoms in total. The van der Waals surface area contributed by atoms with Gasteiger partial charge in [0.15, 0.2) is 0 Å². The summed E-state index contributed by atoms with van der Waals surface area (Å²) in [6, 6.07) is 4.78. The summed E-state index contributed by atoms with van der Waals surface area (Å²) in [7, 11) is 1.28. The Balaban J connectivity index is 2.08. The van der Waals surface area contributed by atoms with E-state index in [2.05, 4.69) is 25.3 Å². The summed E-state index contributed by atoms with van der Waals surface area (Å²) in [5, 5.41) is 5.85. The number of aromatic amines is 1.